The third-order valence-electron chi connectivity index (χ3n) is 3.36. The molecule has 1 unspecified atom stereocenters. The first kappa shape index (κ1) is 17.5. The highest BCUT2D eigenvalue weighted by Gasteiger charge is 2.21. The van der Waals surface area contributed by atoms with Crippen molar-refractivity contribution >= 4 is 24.3 Å². The fraction of sp³-hybridized carbons (Fsp3) is 0.467. The highest BCUT2D eigenvalue weighted by Crippen LogP contribution is 2.09. The zero-order chi connectivity index (χ0) is 14.4. The Morgan fingerprint density at radius 2 is 2.05 bits per heavy atom. The normalized spacial score (nSPS) is 16.9. The molecule has 0 aromatic heterocycles. The molecular formula is C15H21ClN2O3. The molecule has 1 aliphatic heterocycles. The summed E-state index contributed by atoms with van der Waals surface area (Å²) in [5.41, 5.74) is 1.50. The molecule has 21 heavy (non-hydrogen) atoms. The van der Waals surface area contributed by atoms with Crippen LogP contribution in [0.5, 0.6) is 0 Å². The Bertz CT molecular complexity index is 470. The zero-order valence-electron chi connectivity index (χ0n) is 12.1. The van der Waals surface area contributed by atoms with E-state index in [4.69, 9.17) is 4.74 Å². The van der Waals surface area contributed by atoms with Gasteiger partial charge in [0.05, 0.1) is 18.1 Å². The van der Waals surface area contributed by atoms with Crippen molar-refractivity contribution in [3.63, 3.8) is 0 Å². The molecule has 1 atom stereocenters. The molecule has 0 aliphatic carbocycles. The monoisotopic (exact) mass is 312 g/mol. The Morgan fingerprint density at radius 1 is 1.33 bits per heavy atom. The van der Waals surface area contributed by atoms with Gasteiger partial charge in [0.15, 0.2) is 0 Å². The summed E-state index contributed by atoms with van der Waals surface area (Å²) in [6.07, 6.45) is 0.896. The highest BCUT2D eigenvalue weighted by molar-refractivity contribution is 5.89. The van der Waals surface area contributed by atoms with Crippen molar-refractivity contribution in [2.75, 3.05) is 19.7 Å². The lowest BCUT2D eigenvalue weighted by Crippen LogP contribution is -2.31. The molecule has 1 aromatic rings. The average molecular weight is 313 g/mol. The van der Waals surface area contributed by atoms with E-state index < -0.39 is 0 Å². The minimum atomic E-state index is -0.319. The Labute approximate surface area is 130 Å². The van der Waals surface area contributed by atoms with Crippen LogP contribution in [0, 0.1) is 5.92 Å². The van der Waals surface area contributed by atoms with Gasteiger partial charge in [0.25, 0.3) is 0 Å². The average Bonchev–Trinajstić information content (AvgIpc) is 3.00. The number of esters is 1. The first-order valence-corrected chi connectivity index (χ1v) is 6.95. The van der Waals surface area contributed by atoms with Gasteiger partial charge in [-0.25, -0.2) is 4.79 Å². The molecule has 5 nitrogen and oxygen atoms in total. The summed E-state index contributed by atoms with van der Waals surface area (Å²) < 4.78 is 4.92. The van der Waals surface area contributed by atoms with E-state index in [2.05, 4.69) is 10.6 Å². The number of hydrogen-bond acceptors (Lipinski definition) is 4. The molecule has 1 heterocycles. The third kappa shape index (κ3) is 5.02. The lowest BCUT2D eigenvalue weighted by molar-refractivity contribution is -0.124. The molecule has 116 valence electrons. The van der Waals surface area contributed by atoms with Crippen LogP contribution >= 0.6 is 12.4 Å². The standard InChI is InChI=1S/C15H20N2O3.ClH/c1-2-20-15(19)12-5-3-11(4-6-12)9-17-14(18)13-7-8-16-10-13;/h3-6,13,16H,2,7-10H2,1H3,(H,17,18);1H. The summed E-state index contributed by atoms with van der Waals surface area (Å²) >= 11 is 0. The highest BCUT2D eigenvalue weighted by atomic mass is 35.5. The van der Waals surface area contributed by atoms with Crippen molar-refractivity contribution in [3.8, 4) is 0 Å². The Hall–Kier alpha value is -1.59. The Kier molecular flexibility index (Phi) is 7.19. The zero-order valence-corrected chi connectivity index (χ0v) is 12.9. The lowest BCUT2D eigenvalue weighted by Gasteiger charge is -2.10. The summed E-state index contributed by atoms with van der Waals surface area (Å²) in [6, 6.07) is 7.10. The number of hydrogen-bond donors (Lipinski definition) is 2. The number of amides is 1. The van der Waals surface area contributed by atoms with E-state index in [1.165, 1.54) is 0 Å². The second kappa shape index (κ2) is 8.64. The molecule has 6 heteroatoms. The molecule has 2 N–H and O–H groups in total. The molecule has 2 rings (SSSR count). The van der Waals surface area contributed by atoms with Gasteiger partial charge in [0, 0.05) is 13.1 Å². The van der Waals surface area contributed by atoms with Crippen LogP contribution in [0.25, 0.3) is 0 Å². The molecule has 1 aliphatic rings. The van der Waals surface area contributed by atoms with Crippen molar-refractivity contribution in [3.05, 3.63) is 35.4 Å². The van der Waals surface area contributed by atoms with Crippen LogP contribution in [0.15, 0.2) is 24.3 Å². The Balaban J connectivity index is 0.00000220. The number of rotatable bonds is 5. The van der Waals surface area contributed by atoms with Crippen LogP contribution in [-0.4, -0.2) is 31.6 Å². The molecule has 0 bridgehead atoms. The second-order valence-electron chi connectivity index (χ2n) is 4.82. The maximum absolute atomic E-state index is 11.9. The summed E-state index contributed by atoms with van der Waals surface area (Å²) in [7, 11) is 0. The van der Waals surface area contributed by atoms with E-state index in [1.54, 1.807) is 19.1 Å². The smallest absolute Gasteiger partial charge is 0.338 e. The summed E-state index contributed by atoms with van der Waals surface area (Å²) in [4.78, 5) is 23.4. The number of ether oxygens (including phenoxy) is 1. The topological polar surface area (TPSA) is 67.4 Å². The Morgan fingerprint density at radius 3 is 2.62 bits per heavy atom. The van der Waals surface area contributed by atoms with E-state index in [0.717, 1.165) is 25.1 Å². The van der Waals surface area contributed by atoms with Crippen LogP contribution in [0.2, 0.25) is 0 Å². The van der Waals surface area contributed by atoms with Gasteiger partial charge < -0.3 is 15.4 Å². The number of halogens is 1. The quantitative estimate of drug-likeness (QED) is 0.809. The SMILES string of the molecule is CCOC(=O)c1ccc(CNC(=O)C2CCNC2)cc1.Cl. The number of benzene rings is 1. The van der Waals surface area contributed by atoms with Crippen molar-refractivity contribution < 1.29 is 14.3 Å². The minimum Gasteiger partial charge on any atom is -0.462 e. The van der Waals surface area contributed by atoms with Crippen LogP contribution in [0.1, 0.15) is 29.3 Å². The van der Waals surface area contributed by atoms with Gasteiger partial charge in [-0.2, -0.15) is 0 Å². The summed E-state index contributed by atoms with van der Waals surface area (Å²) in [6.45, 7) is 4.30. The predicted octanol–water partition coefficient (Wildman–Crippen LogP) is 1.51. The number of nitrogens with one attached hydrogen (secondary N) is 2. The molecular weight excluding hydrogens is 292 g/mol. The lowest BCUT2D eigenvalue weighted by atomic mass is 10.1. The van der Waals surface area contributed by atoms with Crippen LogP contribution in [-0.2, 0) is 16.1 Å². The van der Waals surface area contributed by atoms with Crippen LogP contribution < -0.4 is 10.6 Å². The molecule has 1 amide bonds. The molecule has 1 aromatic carbocycles. The van der Waals surface area contributed by atoms with Gasteiger partial charge in [0.2, 0.25) is 5.91 Å². The van der Waals surface area contributed by atoms with Crippen molar-refractivity contribution in [2.24, 2.45) is 5.92 Å². The van der Waals surface area contributed by atoms with Gasteiger partial charge >= 0.3 is 5.97 Å². The molecule has 1 saturated heterocycles. The second-order valence-corrected chi connectivity index (χ2v) is 4.82. The van der Waals surface area contributed by atoms with Crippen LogP contribution in [0.4, 0.5) is 0 Å². The van der Waals surface area contributed by atoms with Crippen molar-refractivity contribution in [1.82, 2.24) is 10.6 Å². The molecule has 1 fully saturated rings. The van der Waals surface area contributed by atoms with E-state index >= 15 is 0 Å². The first-order chi connectivity index (χ1) is 9.70. The maximum Gasteiger partial charge on any atom is 0.338 e. The fourth-order valence-electron chi connectivity index (χ4n) is 2.19. The van der Waals surface area contributed by atoms with Crippen molar-refractivity contribution in [2.45, 2.75) is 19.9 Å². The molecule has 0 saturated carbocycles. The van der Waals surface area contributed by atoms with E-state index in [-0.39, 0.29) is 30.2 Å². The van der Waals surface area contributed by atoms with E-state index in [0.29, 0.717) is 18.7 Å². The summed E-state index contributed by atoms with van der Waals surface area (Å²) in [5.74, 6) is -0.154. The number of carbonyl (C=O) groups is 2. The third-order valence-corrected chi connectivity index (χ3v) is 3.36. The first-order valence-electron chi connectivity index (χ1n) is 6.95. The van der Waals surface area contributed by atoms with Crippen molar-refractivity contribution in [1.29, 1.82) is 0 Å². The predicted molar refractivity (Wildman–Crippen MR) is 82.5 cm³/mol. The van der Waals surface area contributed by atoms with E-state index in [9.17, 15) is 9.59 Å². The van der Waals surface area contributed by atoms with Gasteiger partial charge in [-0.3, -0.25) is 4.79 Å². The minimum absolute atomic E-state index is 0. The number of carbonyl (C=O) groups excluding carboxylic acids is 2. The summed E-state index contributed by atoms with van der Waals surface area (Å²) in [5, 5.41) is 6.09. The van der Waals surface area contributed by atoms with Gasteiger partial charge in [-0.15, -0.1) is 12.4 Å². The van der Waals surface area contributed by atoms with Gasteiger partial charge in [-0.1, -0.05) is 12.1 Å². The molecule has 0 radical (unpaired) electrons. The fourth-order valence-corrected chi connectivity index (χ4v) is 2.19. The maximum atomic E-state index is 11.9. The van der Waals surface area contributed by atoms with Gasteiger partial charge in [-0.05, 0) is 37.6 Å². The van der Waals surface area contributed by atoms with Crippen LogP contribution in [0.3, 0.4) is 0 Å². The molecule has 0 spiro atoms. The van der Waals surface area contributed by atoms with E-state index in [1.807, 2.05) is 12.1 Å². The largest absolute Gasteiger partial charge is 0.462 e. The van der Waals surface area contributed by atoms with Gasteiger partial charge in [0.1, 0.15) is 0 Å².